The monoisotopic (exact) mass is 348 g/mol. The minimum absolute atomic E-state index is 0.0206. The van der Waals surface area contributed by atoms with Gasteiger partial charge in [0.05, 0.1) is 18.6 Å². The van der Waals surface area contributed by atoms with Crippen molar-refractivity contribution in [1.82, 2.24) is 15.5 Å². The van der Waals surface area contributed by atoms with Crippen LogP contribution in [-0.4, -0.2) is 62.3 Å². The number of carbonyl (C=O) groups excluding carboxylic acids is 2. The first-order chi connectivity index (χ1) is 11.9. The molecule has 0 saturated carbocycles. The molecule has 7 heteroatoms. The van der Waals surface area contributed by atoms with Gasteiger partial charge < -0.3 is 20.7 Å². The number of urea groups is 1. The minimum atomic E-state index is -0.269. The van der Waals surface area contributed by atoms with Crippen LogP contribution in [0.25, 0.3) is 0 Å². The molecule has 7 nitrogen and oxygen atoms in total. The van der Waals surface area contributed by atoms with Gasteiger partial charge in [-0.25, -0.2) is 4.79 Å². The number of rotatable bonds is 6. The molecule has 1 aliphatic rings. The quantitative estimate of drug-likeness (QED) is 0.721. The highest BCUT2D eigenvalue weighted by atomic mass is 16.5. The van der Waals surface area contributed by atoms with Crippen LogP contribution in [0.5, 0.6) is 0 Å². The summed E-state index contributed by atoms with van der Waals surface area (Å²) in [6, 6.07) is 7.37. The average Bonchev–Trinajstić information content (AvgIpc) is 2.98. The predicted molar refractivity (Wildman–Crippen MR) is 97.7 cm³/mol. The molecule has 2 atom stereocenters. The van der Waals surface area contributed by atoms with Crippen molar-refractivity contribution >= 4 is 17.6 Å². The van der Waals surface area contributed by atoms with Gasteiger partial charge in [0.25, 0.3) is 0 Å². The van der Waals surface area contributed by atoms with Crippen molar-refractivity contribution in [2.24, 2.45) is 0 Å². The van der Waals surface area contributed by atoms with Crippen molar-refractivity contribution in [3.63, 3.8) is 0 Å². The topological polar surface area (TPSA) is 82.7 Å². The molecule has 1 aromatic carbocycles. The van der Waals surface area contributed by atoms with Gasteiger partial charge in [0.15, 0.2) is 0 Å². The molecule has 0 radical (unpaired) electrons. The van der Waals surface area contributed by atoms with Gasteiger partial charge in [-0.05, 0) is 31.5 Å². The molecule has 3 N–H and O–H groups in total. The maximum absolute atomic E-state index is 12.3. The van der Waals surface area contributed by atoms with Gasteiger partial charge in [0.1, 0.15) is 0 Å². The number of anilines is 1. The Kier molecular flexibility index (Phi) is 6.78. The van der Waals surface area contributed by atoms with Gasteiger partial charge >= 0.3 is 6.03 Å². The zero-order valence-electron chi connectivity index (χ0n) is 15.3. The highest BCUT2D eigenvalue weighted by Gasteiger charge is 2.34. The summed E-state index contributed by atoms with van der Waals surface area (Å²) in [5, 5.41) is 8.41. The number of hydrogen-bond donors (Lipinski definition) is 3. The fraction of sp³-hybridized carbons (Fsp3) is 0.556. The largest absolute Gasteiger partial charge is 0.378 e. The average molecular weight is 348 g/mol. The smallest absolute Gasteiger partial charge is 0.319 e. The Bertz CT molecular complexity index is 606. The van der Waals surface area contributed by atoms with E-state index in [9.17, 15) is 9.59 Å². The number of nitrogens with zero attached hydrogens (tertiary/aromatic N) is 1. The third-order valence-corrected chi connectivity index (χ3v) is 4.47. The Morgan fingerprint density at radius 1 is 1.32 bits per heavy atom. The van der Waals surface area contributed by atoms with Gasteiger partial charge in [-0.15, -0.1) is 0 Å². The minimum Gasteiger partial charge on any atom is -0.378 e. The Balaban J connectivity index is 1.93. The summed E-state index contributed by atoms with van der Waals surface area (Å²) in [4.78, 5) is 26.1. The second-order valence-corrected chi connectivity index (χ2v) is 6.58. The number of benzene rings is 1. The summed E-state index contributed by atoms with van der Waals surface area (Å²) in [5.74, 6) is -0.0655. The molecule has 0 aromatic heterocycles. The van der Waals surface area contributed by atoms with E-state index in [1.165, 1.54) is 0 Å². The SMILES string of the molecule is CNC(=O)Cc1cccc(NC(=O)N[C@@H]2CN(C(C)C)C[C@H]2OC)c1. The lowest BCUT2D eigenvalue weighted by Gasteiger charge is -2.20. The molecule has 1 heterocycles. The summed E-state index contributed by atoms with van der Waals surface area (Å²) in [6.45, 7) is 5.83. The van der Waals surface area contributed by atoms with E-state index in [1.54, 1.807) is 26.3 Å². The van der Waals surface area contributed by atoms with Gasteiger partial charge in [-0.1, -0.05) is 12.1 Å². The van der Waals surface area contributed by atoms with E-state index in [2.05, 4.69) is 34.7 Å². The first-order valence-electron chi connectivity index (χ1n) is 8.56. The van der Waals surface area contributed by atoms with E-state index in [4.69, 9.17) is 4.74 Å². The third-order valence-electron chi connectivity index (χ3n) is 4.47. The third kappa shape index (κ3) is 5.44. The molecule has 0 spiro atoms. The van der Waals surface area contributed by atoms with E-state index >= 15 is 0 Å². The summed E-state index contributed by atoms with van der Waals surface area (Å²) >= 11 is 0. The van der Waals surface area contributed by atoms with Crippen LogP contribution in [0.15, 0.2) is 24.3 Å². The molecule has 1 saturated heterocycles. The molecule has 2 rings (SSSR count). The predicted octanol–water partition coefficient (Wildman–Crippen LogP) is 1.20. The normalized spacial score (nSPS) is 20.5. The van der Waals surface area contributed by atoms with Crippen LogP contribution in [0.4, 0.5) is 10.5 Å². The zero-order chi connectivity index (χ0) is 18.4. The molecular formula is C18H28N4O3. The lowest BCUT2D eigenvalue weighted by Crippen LogP contribution is -2.45. The van der Waals surface area contributed by atoms with Gasteiger partial charge in [0, 0.05) is 39.0 Å². The second-order valence-electron chi connectivity index (χ2n) is 6.58. The van der Waals surface area contributed by atoms with Crippen molar-refractivity contribution in [2.45, 2.75) is 38.5 Å². The van der Waals surface area contributed by atoms with Gasteiger partial charge in [-0.3, -0.25) is 9.69 Å². The molecule has 3 amide bonds. The Hall–Kier alpha value is -2.12. The van der Waals surface area contributed by atoms with Crippen molar-refractivity contribution in [1.29, 1.82) is 0 Å². The number of hydrogen-bond acceptors (Lipinski definition) is 4. The van der Waals surface area contributed by atoms with E-state index in [0.29, 0.717) is 11.7 Å². The van der Waals surface area contributed by atoms with Gasteiger partial charge in [-0.2, -0.15) is 0 Å². The fourth-order valence-electron chi connectivity index (χ4n) is 2.97. The van der Waals surface area contributed by atoms with E-state index in [0.717, 1.165) is 18.7 Å². The Morgan fingerprint density at radius 3 is 2.72 bits per heavy atom. The number of carbonyl (C=O) groups is 2. The van der Waals surface area contributed by atoms with Crippen LogP contribution in [0.3, 0.4) is 0 Å². The summed E-state index contributed by atoms with van der Waals surface area (Å²) in [7, 11) is 3.27. The van der Waals surface area contributed by atoms with E-state index in [1.807, 2.05) is 12.1 Å². The summed E-state index contributed by atoms with van der Waals surface area (Å²) in [5.41, 5.74) is 1.50. The summed E-state index contributed by atoms with van der Waals surface area (Å²) < 4.78 is 5.50. The Labute approximate surface area is 149 Å². The van der Waals surface area contributed by atoms with Crippen LogP contribution < -0.4 is 16.0 Å². The molecule has 0 unspecified atom stereocenters. The van der Waals surface area contributed by atoms with Crippen LogP contribution in [-0.2, 0) is 16.0 Å². The standard InChI is InChI=1S/C18H28N4O3/c1-12(2)22-10-15(16(11-22)25-4)21-18(24)20-14-7-5-6-13(8-14)9-17(23)19-3/h5-8,12,15-16H,9-11H2,1-4H3,(H,19,23)(H2,20,21,24)/t15-,16-/m1/s1. The molecule has 0 bridgehead atoms. The highest BCUT2D eigenvalue weighted by molar-refractivity contribution is 5.89. The van der Waals surface area contributed by atoms with E-state index in [-0.39, 0.29) is 30.5 Å². The highest BCUT2D eigenvalue weighted by Crippen LogP contribution is 2.16. The van der Waals surface area contributed by atoms with Crippen LogP contribution >= 0.6 is 0 Å². The molecule has 1 fully saturated rings. The lowest BCUT2D eigenvalue weighted by molar-refractivity contribution is -0.119. The first kappa shape index (κ1) is 19.2. The van der Waals surface area contributed by atoms with Crippen molar-refractivity contribution in [3.8, 4) is 0 Å². The summed E-state index contributed by atoms with van der Waals surface area (Å²) in [6.07, 6.45) is 0.262. The van der Waals surface area contributed by atoms with Crippen LogP contribution in [0.1, 0.15) is 19.4 Å². The van der Waals surface area contributed by atoms with Crippen molar-refractivity contribution in [2.75, 3.05) is 32.6 Å². The van der Waals surface area contributed by atoms with Crippen LogP contribution in [0.2, 0.25) is 0 Å². The number of nitrogens with one attached hydrogen (secondary N) is 3. The molecule has 0 aliphatic carbocycles. The number of likely N-dealkylation sites (N-methyl/N-ethyl adjacent to an activating group) is 1. The number of methoxy groups -OCH3 is 1. The number of ether oxygens (including phenoxy) is 1. The maximum Gasteiger partial charge on any atom is 0.319 e. The Morgan fingerprint density at radius 2 is 2.08 bits per heavy atom. The van der Waals surface area contributed by atoms with Crippen molar-refractivity contribution in [3.05, 3.63) is 29.8 Å². The zero-order valence-corrected chi connectivity index (χ0v) is 15.3. The fourth-order valence-corrected chi connectivity index (χ4v) is 2.97. The molecule has 25 heavy (non-hydrogen) atoms. The number of likely N-dealkylation sites (tertiary alicyclic amines) is 1. The van der Waals surface area contributed by atoms with E-state index < -0.39 is 0 Å². The molecular weight excluding hydrogens is 320 g/mol. The maximum atomic E-state index is 12.3. The second kappa shape index (κ2) is 8.82. The first-order valence-corrected chi connectivity index (χ1v) is 8.56. The number of amides is 3. The van der Waals surface area contributed by atoms with Crippen LogP contribution in [0, 0.1) is 0 Å². The molecule has 138 valence electrons. The van der Waals surface area contributed by atoms with Crippen molar-refractivity contribution < 1.29 is 14.3 Å². The molecule has 1 aromatic rings. The molecule has 1 aliphatic heterocycles. The van der Waals surface area contributed by atoms with Gasteiger partial charge in [0.2, 0.25) is 5.91 Å². The lowest BCUT2D eigenvalue weighted by atomic mass is 10.1.